The summed E-state index contributed by atoms with van der Waals surface area (Å²) in [4.78, 5) is 41.4. The van der Waals surface area contributed by atoms with Gasteiger partial charge in [-0.3, -0.25) is 14.4 Å². The summed E-state index contributed by atoms with van der Waals surface area (Å²) in [7, 11) is 0. The van der Waals surface area contributed by atoms with E-state index in [1.54, 1.807) is 23.1 Å². The van der Waals surface area contributed by atoms with Crippen LogP contribution in [0.1, 0.15) is 52.7 Å². The third-order valence-electron chi connectivity index (χ3n) is 6.68. The summed E-state index contributed by atoms with van der Waals surface area (Å²) in [5.41, 5.74) is 4.13. The molecular weight excluding hydrogens is 432 g/mol. The number of hydrogen-bond acceptors (Lipinski definition) is 5. The molecule has 2 heterocycles. The molecular formula is C27H32N2O5. The van der Waals surface area contributed by atoms with E-state index >= 15 is 0 Å². The van der Waals surface area contributed by atoms with Gasteiger partial charge < -0.3 is 19.3 Å². The number of carbonyl (C=O) groups is 3. The molecule has 0 unspecified atom stereocenters. The first-order chi connectivity index (χ1) is 16.3. The predicted octanol–water partition coefficient (Wildman–Crippen LogP) is 4.00. The summed E-state index contributed by atoms with van der Waals surface area (Å²) >= 11 is 0. The van der Waals surface area contributed by atoms with E-state index in [0.717, 1.165) is 48.4 Å². The molecule has 0 radical (unpaired) electrons. The first-order valence-corrected chi connectivity index (χ1v) is 11.9. The number of Topliss-reactive ketones (excluding diaryl/α,β-unsaturated/α-hetero) is 1. The molecule has 7 heteroatoms. The van der Waals surface area contributed by atoms with E-state index in [2.05, 4.69) is 0 Å². The minimum atomic E-state index is -0.176. The number of benzene rings is 2. The Balaban J connectivity index is 1.43. The van der Waals surface area contributed by atoms with Gasteiger partial charge in [0, 0.05) is 31.6 Å². The Labute approximate surface area is 200 Å². The van der Waals surface area contributed by atoms with E-state index in [-0.39, 0.29) is 30.8 Å². The highest BCUT2D eigenvalue weighted by molar-refractivity contribution is 6.02. The lowest BCUT2D eigenvalue weighted by atomic mass is 10.1. The van der Waals surface area contributed by atoms with Gasteiger partial charge in [-0.1, -0.05) is 12.1 Å². The quantitative estimate of drug-likeness (QED) is 0.552. The summed E-state index contributed by atoms with van der Waals surface area (Å²) < 4.78 is 11.5. The second-order valence-electron chi connectivity index (χ2n) is 9.07. The molecule has 7 nitrogen and oxygen atoms in total. The maximum Gasteiger partial charge on any atom is 0.265 e. The second kappa shape index (κ2) is 10.3. The molecule has 4 rings (SSSR count). The number of aryl methyl sites for hydroxylation is 2. The number of carbonyl (C=O) groups excluding carboxylic acids is 3. The summed E-state index contributed by atoms with van der Waals surface area (Å²) in [5, 5.41) is 0. The van der Waals surface area contributed by atoms with Crippen molar-refractivity contribution in [1.82, 2.24) is 4.90 Å². The van der Waals surface area contributed by atoms with Crippen molar-refractivity contribution >= 4 is 23.3 Å². The number of ketones is 1. The number of anilines is 1. The van der Waals surface area contributed by atoms with Gasteiger partial charge in [0.05, 0.1) is 5.69 Å². The van der Waals surface area contributed by atoms with E-state index in [0.29, 0.717) is 36.4 Å². The highest BCUT2D eigenvalue weighted by atomic mass is 16.5. The normalized spacial score (nSPS) is 15.2. The topological polar surface area (TPSA) is 76.2 Å². The fourth-order valence-electron chi connectivity index (χ4n) is 4.50. The number of nitrogens with zero attached hydrogens (tertiary/aromatic N) is 2. The van der Waals surface area contributed by atoms with Gasteiger partial charge in [-0.2, -0.15) is 0 Å². The molecule has 180 valence electrons. The van der Waals surface area contributed by atoms with E-state index in [9.17, 15) is 14.4 Å². The standard InChI is InChI=1S/C27H32N2O5/c1-18-8-9-19(2)27(20(18)3)34-16-23(30)21-10-11-24-22(15-21)29(26(32)17-33-24)14-6-7-25(31)28-12-4-5-13-28/h8-11,15H,4-7,12-14,16-17H2,1-3H3. The van der Waals surface area contributed by atoms with Crippen molar-refractivity contribution in [2.24, 2.45) is 0 Å². The number of amides is 2. The Morgan fingerprint density at radius 3 is 2.53 bits per heavy atom. The summed E-state index contributed by atoms with van der Waals surface area (Å²) in [6.07, 6.45) is 3.09. The molecule has 0 N–H and O–H groups in total. The zero-order valence-corrected chi connectivity index (χ0v) is 20.2. The molecule has 34 heavy (non-hydrogen) atoms. The molecule has 2 aliphatic rings. The van der Waals surface area contributed by atoms with E-state index in [1.165, 1.54) is 0 Å². The molecule has 2 aliphatic heterocycles. The number of ether oxygens (including phenoxy) is 2. The molecule has 2 amide bonds. The van der Waals surface area contributed by atoms with Gasteiger partial charge in [0.15, 0.2) is 19.0 Å². The number of rotatable bonds is 8. The lowest BCUT2D eigenvalue weighted by Crippen LogP contribution is -2.40. The number of likely N-dealkylation sites (tertiary alicyclic amines) is 1. The monoisotopic (exact) mass is 464 g/mol. The van der Waals surface area contributed by atoms with Gasteiger partial charge in [-0.15, -0.1) is 0 Å². The van der Waals surface area contributed by atoms with Crippen LogP contribution in [0, 0.1) is 20.8 Å². The Morgan fingerprint density at radius 1 is 1.03 bits per heavy atom. The molecule has 0 saturated carbocycles. The van der Waals surface area contributed by atoms with Gasteiger partial charge in [0.25, 0.3) is 5.91 Å². The molecule has 0 atom stereocenters. The average Bonchev–Trinajstić information content (AvgIpc) is 3.37. The zero-order valence-electron chi connectivity index (χ0n) is 20.2. The summed E-state index contributed by atoms with van der Waals surface area (Å²) in [5.74, 6) is 1.09. The molecule has 0 spiro atoms. The van der Waals surface area contributed by atoms with E-state index in [4.69, 9.17) is 9.47 Å². The van der Waals surface area contributed by atoms with Gasteiger partial charge in [-0.25, -0.2) is 0 Å². The Bertz CT molecular complexity index is 1100. The van der Waals surface area contributed by atoms with Crippen molar-refractivity contribution in [1.29, 1.82) is 0 Å². The van der Waals surface area contributed by atoms with Gasteiger partial charge in [0.2, 0.25) is 5.91 Å². The minimum absolute atomic E-state index is 0.0462. The maximum atomic E-state index is 12.9. The van der Waals surface area contributed by atoms with Crippen LogP contribution >= 0.6 is 0 Å². The molecule has 1 fully saturated rings. The maximum absolute atomic E-state index is 12.9. The molecule has 1 saturated heterocycles. The lowest BCUT2D eigenvalue weighted by molar-refractivity contribution is -0.130. The Kier molecular flexibility index (Phi) is 7.20. The Hall–Kier alpha value is -3.35. The summed E-state index contributed by atoms with van der Waals surface area (Å²) in [6, 6.07) is 9.13. The van der Waals surface area contributed by atoms with Crippen LogP contribution in [-0.4, -0.2) is 55.3 Å². The first-order valence-electron chi connectivity index (χ1n) is 11.9. The van der Waals surface area contributed by atoms with Crippen molar-refractivity contribution in [2.45, 2.75) is 46.5 Å². The number of hydrogen-bond donors (Lipinski definition) is 0. The second-order valence-corrected chi connectivity index (χ2v) is 9.07. The largest absolute Gasteiger partial charge is 0.485 e. The molecule has 0 aliphatic carbocycles. The lowest BCUT2D eigenvalue weighted by Gasteiger charge is -2.30. The molecule has 2 aromatic rings. The minimum Gasteiger partial charge on any atom is -0.485 e. The smallest absolute Gasteiger partial charge is 0.265 e. The highest BCUT2D eigenvalue weighted by Crippen LogP contribution is 2.34. The fourth-order valence-corrected chi connectivity index (χ4v) is 4.50. The van der Waals surface area contributed by atoms with Crippen molar-refractivity contribution in [3.63, 3.8) is 0 Å². The Morgan fingerprint density at radius 2 is 1.76 bits per heavy atom. The third kappa shape index (κ3) is 5.08. The van der Waals surface area contributed by atoms with Crippen LogP contribution in [0.25, 0.3) is 0 Å². The summed E-state index contributed by atoms with van der Waals surface area (Å²) in [6.45, 7) is 7.87. The van der Waals surface area contributed by atoms with Crippen LogP contribution in [0.4, 0.5) is 5.69 Å². The van der Waals surface area contributed by atoms with Crippen molar-refractivity contribution < 1.29 is 23.9 Å². The fraction of sp³-hybridized carbons (Fsp3) is 0.444. The average molecular weight is 465 g/mol. The number of fused-ring (bicyclic) bond motifs is 1. The molecule has 0 aromatic heterocycles. The SMILES string of the molecule is Cc1ccc(C)c(OCC(=O)c2ccc3c(c2)N(CCCC(=O)N2CCCC2)C(=O)CO3)c1C. The molecule has 0 bridgehead atoms. The predicted molar refractivity (Wildman–Crippen MR) is 130 cm³/mol. The van der Waals surface area contributed by atoms with Gasteiger partial charge >= 0.3 is 0 Å². The highest BCUT2D eigenvalue weighted by Gasteiger charge is 2.27. The molecule has 2 aromatic carbocycles. The van der Waals surface area contributed by atoms with Crippen molar-refractivity contribution in [3.8, 4) is 11.5 Å². The van der Waals surface area contributed by atoms with Crippen LogP contribution in [0.5, 0.6) is 11.5 Å². The van der Waals surface area contributed by atoms with Crippen LogP contribution in [0.3, 0.4) is 0 Å². The first kappa shape index (κ1) is 23.8. The van der Waals surface area contributed by atoms with Crippen LogP contribution in [-0.2, 0) is 9.59 Å². The van der Waals surface area contributed by atoms with Crippen LogP contribution < -0.4 is 14.4 Å². The van der Waals surface area contributed by atoms with E-state index in [1.807, 2.05) is 37.8 Å². The van der Waals surface area contributed by atoms with Crippen LogP contribution in [0.15, 0.2) is 30.3 Å². The van der Waals surface area contributed by atoms with Crippen LogP contribution in [0.2, 0.25) is 0 Å². The van der Waals surface area contributed by atoms with Crippen molar-refractivity contribution in [2.75, 3.05) is 37.7 Å². The van der Waals surface area contributed by atoms with Gasteiger partial charge in [-0.05, 0) is 74.9 Å². The van der Waals surface area contributed by atoms with Crippen molar-refractivity contribution in [3.05, 3.63) is 52.6 Å². The van der Waals surface area contributed by atoms with Gasteiger partial charge in [0.1, 0.15) is 11.5 Å². The zero-order chi connectivity index (χ0) is 24.2. The third-order valence-corrected chi connectivity index (χ3v) is 6.68. The van der Waals surface area contributed by atoms with E-state index < -0.39 is 0 Å².